The lowest BCUT2D eigenvalue weighted by Crippen LogP contribution is -2.00. The molecule has 0 bridgehead atoms. The highest BCUT2D eigenvalue weighted by Crippen LogP contribution is 2.33. The minimum atomic E-state index is 0.558. The van der Waals surface area contributed by atoms with Crippen molar-refractivity contribution in [2.45, 2.75) is 27.4 Å². The van der Waals surface area contributed by atoms with E-state index in [-0.39, 0.29) is 0 Å². The van der Waals surface area contributed by atoms with Crippen LogP contribution in [0.25, 0.3) is 11.1 Å². The number of hydrogen-bond donors (Lipinski definition) is 0. The number of hydrogen-bond acceptors (Lipinski definition) is 2. The molecule has 0 amide bonds. The van der Waals surface area contributed by atoms with Gasteiger partial charge < -0.3 is 4.74 Å². The summed E-state index contributed by atoms with van der Waals surface area (Å²) in [6.45, 7) is 6.69. The van der Waals surface area contributed by atoms with Crippen LogP contribution in [-0.4, -0.2) is 4.98 Å². The zero-order valence-electron chi connectivity index (χ0n) is 13.8. The van der Waals surface area contributed by atoms with E-state index in [2.05, 4.69) is 48.3 Å². The highest BCUT2D eigenvalue weighted by Gasteiger charge is 2.12. The van der Waals surface area contributed by atoms with Crippen molar-refractivity contribution in [2.75, 3.05) is 0 Å². The van der Waals surface area contributed by atoms with E-state index in [0.29, 0.717) is 6.61 Å². The van der Waals surface area contributed by atoms with Gasteiger partial charge in [0.15, 0.2) is 0 Å². The number of ether oxygens (including phenoxy) is 1. The Bertz CT molecular complexity index is 792. The molecule has 1 aromatic heterocycles. The molecule has 0 aliphatic carbocycles. The molecule has 0 spiro atoms. The van der Waals surface area contributed by atoms with E-state index in [1.807, 2.05) is 38.1 Å². The van der Waals surface area contributed by atoms with Crippen LogP contribution < -0.4 is 4.74 Å². The number of nitrogens with zero attached hydrogens (tertiary/aromatic N) is 1. The minimum Gasteiger partial charge on any atom is -0.488 e. The second kappa shape index (κ2) is 6.66. The lowest BCUT2D eigenvalue weighted by atomic mass is 10.0. The number of pyridine rings is 1. The molecule has 0 fully saturated rings. The number of rotatable bonds is 4. The van der Waals surface area contributed by atoms with E-state index in [1.165, 1.54) is 5.56 Å². The van der Waals surface area contributed by atoms with Crippen LogP contribution in [0.5, 0.6) is 5.75 Å². The lowest BCUT2D eigenvalue weighted by molar-refractivity contribution is 0.307. The van der Waals surface area contributed by atoms with Gasteiger partial charge in [-0.25, -0.2) is 0 Å². The second-order valence-corrected chi connectivity index (χ2v) is 5.86. The minimum absolute atomic E-state index is 0.558. The average molecular weight is 303 g/mol. The van der Waals surface area contributed by atoms with Crippen molar-refractivity contribution in [1.82, 2.24) is 4.98 Å². The maximum Gasteiger partial charge on any atom is 0.131 e. The molecule has 0 saturated carbocycles. The van der Waals surface area contributed by atoms with Gasteiger partial charge in [-0.1, -0.05) is 60.2 Å². The standard InChI is InChI=1S/C21H21NO/c1-15-9-11-19(12-10-15)21-17(3)22-16(2)13-20(21)23-14-18-7-5-4-6-8-18/h4-13H,14H2,1-3H3. The number of aryl methyl sites for hydroxylation is 3. The Morgan fingerprint density at radius 2 is 1.57 bits per heavy atom. The molecule has 0 aliphatic rings. The summed E-state index contributed by atoms with van der Waals surface area (Å²) in [7, 11) is 0. The first kappa shape index (κ1) is 15.3. The van der Waals surface area contributed by atoms with Crippen molar-refractivity contribution in [3.63, 3.8) is 0 Å². The summed E-state index contributed by atoms with van der Waals surface area (Å²) in [5.74, 6) is 0.891. The Balaban J connectivity index is 1.96. The highest BCUT2D eigenvalue weighted by molar-refractivity contribution is 5.73. The zero-order valence-corrected chi connectivity index (χ0v) is 13.8. The van der Waals surface area contributed by atoms with E-state index in [0.717, 1.165) is 33.8 Å². The van der Waals surface area contributed by atoms with Gasteiger partial charge in [-0.05, 0) is 31.9 Å². The maximum atomic E-state index is 6.13. The molecule has 0 aliphatic heterocycles. The van der Waals surface area contributed by atoms with Crippen LogP contribution in [0.3, 0.4) is 0 Å². The average Bonchev–Trinajstić information content (AvgIpc) is 2.55. The van der Waals surface area contributed by atoms with Gasteiger partial charge in [-0.2, -0.15) is 0 Å². The SMILES string of the molecule is Cc1ccc(-c2c(OCc3ccccc3)cc(C)nc2C)cc1. The van der Waals surface area contributed by atoms with Crippen LogP contribution in [0, 0.1) is 20.8 Å². The molecule has 0 N–H and O–H groups in total. The molecule has 0 saturated heterocycles. The predicted octanol–water partition coefficient (Wildman–Crippen LogP) is 5.25. The monoisotopic (exact) mass is 303 g/mol. The Morgan fingerprint density at radius 1 is 0.870 bits per heavy atom. The van der Waals surface area contributed by atoms with Crippen molar-refractivity contribution in [1.29, 1.82) is 0 Å². The lowest BCUT2D eigenvalue weighted by Gasteiger charge is -2.15. The Morgan fingerprint density at radius 3 is 2.26 bits per heavy atom. The first-order valence-corrected chi connectivity index (χ1v) is 7.85. The summed E-state index contributed by atoms with van der Waals surface area (Å²) in [4.78, 5) is 4.61. The van der Waals surface area contributed by atoms with Crippen LogP contribution in [-0.2, 0) is 6.61 Å². The molecule has 3 aromatic rings. The van der Waals surface area contributed by atoms with Crippen LogP contribution in [0.2, 0.25) is 0 Å². The topological polar surface area (TPSA) is 22.1 Å². The summed E-state index contributed by atoms with van der Waals surface area (Å²) in [6.07, 6.45) is 0. The van der Waals surface area contributed by atoms with Crippen LogP contribution in [0.15, 0.2) is 60.7 Å². The first-order chi connectivity index (χ1) is 11.1. The van der Waals surface area contributed by atoms with E-state index >= 15 is 0 Å². The molecule has 1 heterocycles. The third-order valence-corrected chi connectivity index (χ3v) is 3.87. The second-order valence-electron chi connectivity index (χ2n) is 5.86. The predicted molar refractivity (Wildman–Crippen MR) is 94.7 cm³/mol. The third kappa shape index (κ3) is 3.59. The van der Waals surface area contributed by atoms with E-state index in [1.54, 1.807) is 0 Å². The Kier molecular flexibility index (Phi) is 4.42. The molecule has 2 heteroatoms. The fraction of sp³-hybridized carbons (Fsp3) is 0.190. The van der Waals surface area contributed by atoms with Crippen molar-refractivity contribution in [3.8, 4) is 16.9 Å². The third-order valence-electron chi connectivity index (χ3n) is 3.87. The molecule has 3 rings (SSSR count). The summed E-state index contributed by atoms with van der Waals surface area (Å²) in [5.41, 5.74) is 6.60. The van der Waals surface area contributed by atoms with Gasteiger partial charge in [0.2, 0.25) is 0 Å². The summed E-state index contributed by atoms with van der Waals surface area (Å²) in [6, 6.07) is 20.7. The van der Waals surface area contributed by atoms with Crippen LogP contribution in [0.1, 0.15) is 22.5 Å². The maximum absolute atomic E-state index is 6.13. The van der Waals surface area contributed by atoms with Gasteiger partial charge in [-0.15, -0.1) is 0 Å². The fourth-order valence-electron chi connectivity index (χ4n) is 2.71. The molecule has 0 radical (unpaired) electrons. The summed E-state index contributed by atoms with van der Waals surface area (Å²) < 4.78 is 6.13. The number of aromatic nitrogens is 1. The molecular formula is C21H21NO. The molecular weight excluding hydrogens is 282 g/mol. The summed E-state index contributed by atoms with van der Waals surface area (Å²) >= 11 is 0. The Hall–Kier alpha value is -2.61. The van der Waals surface area contributed by atoms with Gasteiger partial charge in [0.1, 0.15) is 12.4 Å². The van der Waals surface area contributed by atoms with Crippen LogP contribution >= 0.6 is 0 Å². The molecule has 2 nitrogen and oxygen atoms in total. The zero-order chi connectivity index (χ0) is 16.2. The Labute approximate surface area is 137 Å². The summed E-state index contributed by atoms with van der Waals surface area (Å²) in [5, 5.41) is 0. The van der Waals surface area contributed by atoms with Gasteiger partial charge in [0, 0.05) is 23.0 Å². The number of benzene rings is 2. The quantitative estimate of drug-likeness (QED) is 0.656. The van der Waals surface area contributed by atoms with E-state index in [9.17, 15) is 0 Å². The molecule has 0 unspecified atom stereocenters. The van der Waals surface area contributed by atoms with Gasteiger partial charge in [0.25, 0.3) is 0 Å². The normalized spacial score (nSPS) is 10.6. The van der Waals surface area contributed by atoms with Gasteiger partial charge >= 0.3 is 0 Å². The molecule has 0 atom stereocenters. The fourth-order valence-corrected chi connectivity index (χ4v) is 2.71. The van der Waals surface area contributed by atoms with Crippen LogP contribution in [0.4, 0.5) is 0 Å². The molecule has 2 aromatic carbocycles. The van der Waals surface area contributed by atoms with Gasteiger partial charge in [0.05, 0.1) is 0 Å². The van der Waals surface area contributed by atoms with Crippen molar-refractivity contribution >= 4 is 0 Å². The van der Waals surface area contributed by atoms with Gasteiger partial charge in [-0.3, -0.25) is 4.98 Å². The van der Waals surface area contributed by atoms with Crippen molar-refractivity contribution < 1.29 is 4.74 Å². The van der Waals surface area contributed by atoms with E-state index < -0.39 is 0 Å². The molecule has 23 heavy (non-hydrogen) atoms. The van der Waals surface area contributed by atoms with Crippen molar-refractivity contribution in [3.05, 3.63) is 83.2 Å². The van der Waals surface area contributed by atoms with E-state index in [4.69, 9.17) is 4.74 Å². The first-order valence-electron chi connectivity index (χ1n) is 7.85. The smallest absolute Gasteiger partial charge is 0.131 e. The van der Waals surface area contributed by atoms with Crippen molar-refractivity contribution in [2.24, 2.45) is 0 Å². The molecule has 116 valence electrons. The highest BCUT2D eigenvalue weighted by atomic mass is 16.5. The largest absolute Gasteiger partial charge is 0.488 e.